The third-order valence-electron chi connectivity index (χ3n) is 3.90. The minimum absolute atomic E-state index is 0.748. The second kappa shape index (κ2) is 5.90. The van der Waals surface area contributed by atoms with Crippen LogP contribution in [0.2, 0.25) is 0 Å². The Morgan fingerprint density at radius 3 is 2.82 bits per heavy atom. The molecule has 0 N–H and O–H groups in total. The minimum atomic E-state index is 0.748. The molecule has 1 aromatic carbocycles. The Kier molecular flexibility index (Phi) is 4.49. The van der Waals surface area contributed by atoms with Gasteiger partial charge in [0.05, 0.1) is 0 Å². The van der Waals surface area contributed by atoms with E-state index in [1.165, 1.54) is 49.0 Å². The molecule has 0 bridgehead atoms. The van der Waals surface area contributed by atoms with Crippen molar-refractivity contribution in [2.75, 3.05) is 11.4 Å². The molecule has 2 heteroatoms. The van der Waals surface area contributed by atoms with Gasteiger partial charge in [-0.25, -0.2) is 0 Å². The van der Waals surface area contributed by atoms with E-state index >= 15 is 0 Å². The molecule has 1 atom stereocenters. The Labute approximate surface area is 113 Å². The van der Waals surface area contributed by atoms with Crippen LogP contribution in [0.5, 0.6) is 0 Å². The smallest absolute Gasteiger partial charge is 0.0371 e. The molecular formula is C15H22BrN. The van der Waals surface area contributed by atoms with Gasteiger partial charge >= 0.3 is 0 Å². The van der Waals surface area contributed by atoms with Gasteiger partial charge in [-0.1, -0.05) is 28.9 Å². The molecule has 1 saturated heterocycles. The fourth-order valence-electron chi connectivity index (χ4n) is 2.77. The first-order chi connectivity index (χ1) is 8.26. The molecule has 1 aliphatic rings. The normalized spacial score (nSPS) is 20.6. The van der Waals surface area contributed by atoms with Gasteiger partial charge in [-0.05, 0) is 55.9 Å². The molecule has 0 aromatic heterocycles. The number of anilines is 1. The molecule has 1 heterocycles. The molecule has 0 aliphatic carbocycles. The van der Waals surface area contributed by atoms with E-state index in [4.69, 9.17) is 0 Å². The zero-order valence-corrected chi connectivity index (χ0v) is 12.5. The highest BCUT2D eigenvalue weighted by molar-refractivity contribution is 9.08. The van der Waals surface area contributed by atoms with Crippen LogP contribution in [0.25, 0.3) is 0 Å². The Hall–Kier alpha value is -0.500. The first kappa shape index (κ1) is 12.9. The van der Waals surface area contributed by atoms with Crippen molar-refractivity contribution < 1.29 is 0 Å². The predicted molar refractivity (Wildman–Crippen MR) is 79.1 cm³/mol. The molecule has 1 nitrogen and oxygen atoms in total. The van der Waals surface area contributed by atoms with Crippen molar-refractivity contribution in [1.29, 1.82) is 0 Å². The van der Waals surface area contributed by atoms with Crippen molar-refractivity contribution in [3.05, 3.63) is 29.3 Å². The van der Waals surface area contributed by atoms with E-state index in [2.05, 4.69) is 52.9 Å². The monoisotopic (exact) mass is 295 g/mol. The third-order valence-corrected chi connectivity index (χ3v) is 4.50. The zero-order valence-electron chi connectivity index (χ0n) is 10.9. The van der Waals surface area contributed by atoms with Crippen LogP contribution in [0.1, 0.15) is 43.7 Å². The minimum Gasteiger partial charge on any atom is -0.369 e. The van der Waals surface area contributed by atoms with E-state index in [-0.39, 0.29) is 0 Å². The second-order valence-electron chi connectivity index (χ2n) is 5.00. The lowest BCUT2D eigenvalue weighted by molar-refractivity contribution is 0.450. The van der Waals surface area contributed by atoms with Crippen LogP contribution in [0.3, 0.4) is 0 Å². The van der Waals surface area contributed by atoms with Crippen LogP contribution in [-0.2, 0) is 5.33 Å². The van der Waals surface area contributed by atoms with Gasteiger partial charge in [0.15, 0.2) is 0 Å². The van der Waals surface area contributed by atoms with E-state index in [0.717, 1.165) is 11.4 Å². The van der Waals surface area contributed by atoms with Gasteiger partial charge < -0.3 is 4.90 Å². The number of hydrogen-bond acceptors (Lipinski definition) is 1. The molecule has 0 saturated carbocycles. The van der Waals surface area contributed by atoms with Gasteiger partial charge in [0.2, 0.25) is 0 Å². The first-order valence-electron chi connectivity index (χ1n) is 6.68. The number of rotatable bonds is 3. The Balaban J connectivity index is 2.23. The summed E-state index contributed by atoms with van der Waals surface area (Å²) < 4.78 is 0. The Bertz CT molecular complexity index is 375. The average molecular weight is 296 g/mol. The first-order valence-corrected chi connectivity index (χ1v) is 7.80. The predicted octanol–water partition coefficient (Wildman–Crippen LogP) is 4.66. The highest BCUT2D eigenvalue weighted by Gasteiger charge is 2.21. The largest absolute Gasteiger partial charge is 0.369 e. The molecule has 17 heavy (non-hydrogen) atoms. The van der Waals surface area contributed by atoms with Gasteiger partial charge in [0.25, 0.3) is 0 Å². The summed E-state index contributed by atoms with van der Waals surface area (Å²) in [6.45, 7) is 5.75. The maximum absolute atomic E-state index is 3.54. The van der Waals surface area contributed by atoms with Crippen LogP contribution in [0.15, 0.2) is 18.2 Å². The summed E-state index contributed by atoms with van der Waals surface area (Å²) >= 11 is 3.54. The summed E-state index contributed by atoms with van der Waals surface area (Å²) in [6, 6.07) is 7.65. The number of halogens is 1. The number of alkyl halides is 1. The van der Waals surface area contributed by atoms with Crippen LogP contribution in [-0.4, -0.2) is 12.6 Å². The molecule has 1 aromatic rings. The van der Waals surface area contributed by atoms with Crippen LogP contribution in [0.4, 0.5) is 5.69 Å². The lowest BCUT2D eigenvalue weighted by Gasteiger charge is -2.37. The van der Waals surface area contributed by atoms with Crippen molar-refractivity contribution in [1.82, 2.24) is 0 Å². The quantitative estimate of drug-likeness (QED) is 0.733. The van der Waals surface area contributed by atoms with Crippen molar-refractivity contribution in [3.8, 4) is 0 Å². The zero-order chi connectivity index (χ0) is 12.3. The molecule has 0 spiro atoms. The summed E-state index contributed by atoms with van der Waals surface area (Å²) in [5.74, 6) is 0. The number of hydrogen-bond donors (Lipinski definition) is 0. The molecule has 1 unspecified atom stereocenters. The Morgan fingerprint density at radius 2 is 2.18 bits per heavy atom. The van der Waals surface area contributed by atoms with Crippen molar-refractivity contribution in [2.24, 2.45) is 0 Å². The van der Waals surface area contributed by atoms with Crippen LogP contribution >= 0.6 is 15.9 Å². The number of piperidine rings is 1. The molecule has 1 aliphatic heterocycles. The summed E-state index contributed by atoms with van der Waals surface area (Å²) in [4.78, 5) is 2.61. The summed E-state index contributed by atoms with van der Waals surface area (Å²) in [7, 11) is 0. The van der Waals surface area contributed by atoms with E-state index in [9.17, 15) is 0 Å². The maximum atomic E-state index is 3.54. The van der Waals surface area contributed by atoms with Crippen LogP contribution in [0, 0.1) is 6.92 Å². The standard InChI is InChI=1S/C15H22BrN/c1-3-14-6-4-5-9-17(14)15-8-7-13(11-16)12(2)10-15/h7-8,10,14H,3-6,9,11H2,1-2H3. The third kappa shape index (κ3) is 2.85. The molecule has 1 fully saturated rings. The van der Waals surface area contributed by atoms with Gasteiger partial charge in [-0.2, -0.15) is 0 Å². The fourth-order valence-corrected chi connectivity index (χ4v) is 3.40. The van der Waals surface area contributed by atoms with Gasteiger partial charge in [-0.15, -0.1) is 0 Å². The number of nitrogens with zero attached hydrogens (tertiary/aromatic N) is 1. The molecule has 0 radical (unpaired) electrons. The molecular weight excluding hydrogens is 274 g/mol. The SMILES string of the molecule is CCC1CCCCN1c1ccc(CBr)c(C)c1. The summed E-state index contributed by atoms with van der Waals surface area (Å²) in [5, 5.41) is 0.955. The van der Waals surface area contributed by atoms with E-state index < -0.39 is 0 Å². The van der Waals surface area contributed by atoms with Crippen molar-refractivity contribution >= 4 is 21.6 Å². The Morgan fingerprint density at radius 1 is 1.35 bits per heavy atom. The van der Waals surface area contributed by atoms with Gasteiger partial charge in [0.1, 0.15) is 0 Å². The highest BCUT2D eigenvalue weighted by atomic mass is 79.9. The fraction of sp³-hybridized carbons (Fsp3) is 0.600. The van der Waals surface area contributed by atoms with Crippen molar-refractivity contribution in [2.45, 2.75) is 50.9 Å². The van der Waals surface area contributed by atoms with E-state index in [1.807, 2.05) is 0 Å². The topological polar surface area (TPSA) is 3.24 Å². The lowest BCUT2D eigenvalue weighted by atomic mass is 9.98. The number of benzene rings is 1. The maximum Gasteiger partial charge on any atom is 0.0371 e. The highest BCUT2D eigenvalue weighted by Crippen LogP contribution is 2.28. The van der Waals surface area contributed by atoms with E-state index in [1.54, 1.807) is 0 Å². The van der Waals surface area contributed by atoms with E-state index in [0.29, 0.717) is 0 Å². The van der Waals surface area contributed by atoms with Crippen LogP contribution < -0.4 is 4.90 Å². The summed E-state index contributed by atoms with van der Waals surface area (Å²) in [6.07, 6.45) is 5.36. The van der Waals surface area contributed by atoms with Gasteiger partial charge in [0, 0.05) is 23.6 Å². The van der Waals surface area contributed by atoms with Crippen molar-refractivity contribution in [3.63, 3.8) is 0 Å². The average Bonchev–Trinajstić information content (AvgIpc) is 2.38. The lowest BCUT2D eigenvalue weighted by Crippen LogP contribution is -2.39. The molecule has 0 amide bonds. The number of aryl methyl sites for hydroxylation is 1. The van der Waals surface area contributed by atoms with Gasteiger partial charge in [-0.3, -0.25) is 0 Å². The molecule has 2 rings (SSSR count). The second-order valence-corrected chi connectivity index (χ2v) is 5.56. The molecule has 94 valence electrons. The summed E-state index contributed by atoms with van der Waals surface area (Å²) in [5.41, 5.74) is 4.22.